The zero-order valence-electron chi connectivity index (χ0n) is 11.1. The maximum Gasteiger partial charge on any atom is 0.323 e. The van der Waals surface area contributed by atoms with Gasteiger partial charge < -0.3 is 9.47 Å². The van der Waals surface area contributed by atoms with Crippen molar-refractivity contribution in [3.05, 3.63) is 29.3 Å². The Hall–Kier alpha value is -2.35. The Balaban J connectivity index is 2.87. The van der Waals surface area contributed by atoms with Crippen molar-refractivity contribution in [3.8, 4) is 11.8 Å². The highest BCUT2D eigenvalue weighted by atomic mass is 16.5. The van der Waals surface area contributed by atoms with Crippen LogP contribution in [0.5, 0.6) is 5.75 Å². The Morgan fingerprint density at radius 3 is 2.53 bits per heavy atom. The highest BCUT2D eigenvalue weighted by molar-refractivity contribution is 5.98. The van der Waals surface area contributed by atoms with Crippen molar-refractivity contribution in [2.75, 3.05) is 14.2 Å². The normalized spacial score (nSPS) is 11.3. The highest BCUT2D eigenvalue weighted by Crippen LogP contribution is 2.20. The topological polar surface area (TPSA) is 76.4 Å². The lowest BCUT2D eigenvalue weighted by molar-refractivity contribution is -0.143. The molecule has 0 aliphatic carbocycles. The first-order valence-electron chi connectivity index (χ1n) is 5.68. The largest absolute Gasteiger partial charge is 0.496 e. The maximum atomic E-state index is 12.0. The molecule has 0 fully saturated rings. The Labute approximate surface area is 111 Å². The van der Waals surface area contributed by atoms with Crippen molar-refractivity contribution in [1.82, 2.24) is 0 Å². The molecule has 1 aromatic rings. The molecular weight excluding hydrogens is 246 g/mol. The number of carbonyl (C=O) groups is 2. The van der Waals surface area contributed by atoms with E-state index in [0.29, 0.717) is 11.3 Å². The lowest BCUT2D eigenvalue weighted by atomic mass is 9.98. The summed E-state index contributed by atoms with van der Waals surface area (Å²) in [5.74, 6) is -1.36. The first-order valence-corrected chi connectivity index (χ1v) is 5.68. The minimum atomic E-state index is -1.07. The third-order valence-corrected chi connectivity index (χ3v) is 2.75. The van der Waals surface area contributed by atoms with E-state index in [2.05, 4.69) is 4.74 Å². The number of aryl methyl sites for hydroxylation is 1. The van der Waals surface area contributed by atoms with E-state index in [1.165, 1.54) is 7.11 Å². The van der Waals surface area contributed by atoms with Crippen molar-refractivity contribution in [3.63, 3.8) is 0 Å². The number of nitriles is 1. The maximum absolute atomic E-state index is 12.0. The molecule has 1 atom stereocenters. The van der Waals surface area contributed by atoms with Crippen LogP contribution in [0.25, 0.3) is 0 Å². The van der Waals surface area contributed by atoms with Crippen molar-refractivity contribution >= 4 is 11.8 Å². The molecule has 0 saturated carbocycles. The lowest BCUT2D eigenvalue weighted by Gasteiger charge is -2.08. The highest BCUT2D eigenvalue weighted by Gasteiger charge is 2.23. The van der Waals surface area contributed by atoms with Gasteiger partial charge in [-0.1, -0.05) is 0 Å². The number of methoxy groups -OCH3 is 2. The minimum absolute atomic E-state index is 0.186. The van der Waals surface area contributed by atoms with Gasteiger partial charge in [0.05, 0.1) is 20.3 Å². The molecule has 100 valence electrons. The second kappa shape index (κ2) is 6.55. The van der Waals surface area contributed by atoms with Crippen LogP contribution >= 0.6 is 0 Å². The molecule has 0 N–H and O–H groups in total. The van der Waals surface area contributed by atoms with Crippen molar-refractivity contribution in [2.45, 2.75) is 13.3 Å². The second-order valence-corrected chi connectivity index (χ2v) is 4.02. The van der Waals surface area contributed by atoms with E-state index in [4.69, 9.17) is 10.00 Å². The van der Waals surface area contributed by atoms with Crippen LogP contribution in [0.4, 0.5) is 0 Å². The number of hydrogen-bond acceptors (Lipinski definition) is 5. The van der Waals surface area contributed by atoms with Gasteiger partial charge >= 0.3 is 5.97 Å². The fourth-order valence-electron chi connectivity index (χ4n) is 1.68. The molecule has 0 radical (unpaired) electrons. The molecular formula is C14H15NO4. The molecule has 0 bridgehead atoms. The molecule has 5 nitrogen and oxygen atoms in total. The second-order valence-electron chi connectivity index (χ2n) is 4.02. The SMILES string of the molecule is COC(=O)C(C#N)CC(=O)c1ccc(OC)c(C)c1. The Morgan fingerprint density at radius 1 is 1.37 bits per heavy atom. The molecule has 0 aliphatic heterocycles. The molecule has 5 heteroatoms. The van der Waals surface area contributed by atoms with Gasteiger partial charge in [-0.3, -0.25) is 9.59 Å². The number of esters is 1. The van der Waals surface area contributed by atoms with Gasteiger partial charge in [0.2, 0.25) is 0 Å². The minimum Gasteiger partial charge on any atom is -0.496 e. The standard InChI is InChI=1S/C14H15NO4/c1-9-6-10(4-5-13(9)18-2)12(16)7-11(8-15)14(17)19-3/h4-6,11H,7H2,1-3H3. The molecule has 1 unspecified atom stereocenters. The number of nitrogens with zero attached hydrogens (tertiary/aromatic N) is 1. The predicted molar refractivity (Wildman–Crippen MR) is 67.8 cm³/mol. The quantitative estimate of drug-likeness (QED) is 0.597. The van der Waals surface area contributed by atoms with Crippen LogP contribution < -0.4 is 4.74 Å². The molecule has 0 heterocycles. The van der Waals surface area contributed by atoms with E-state index >= 15 is 0 Å². The van der Waals surface area contributed by atoms with E-state index in [1.807, 2.05) is 6.92 Å². The Bertz CT molecular complexity index is 531. The van der Waals surface area contributed by atoms with E-state index in [9.17, 15) is 9.59 Å². The van der Waals surface area contributed by atoms with Crippen molar-refractivity contribution < 1.29 is 19.1 Å². The molecule has 19 heavy (non-hydrogen) atoms. The van der Waals surface area contributed by atoms with Gasteiger partial charge in [0.1, 0.15) is 5.75 Å². The van der Waals surface area contributed by atoms with Crippen LogP contribution in [0.15, 0.2) is 18.2 Å². The van der Waals surface area contributed by atoms with Gasteiger partial charge in [0.15, 0.2) is 11.7 Å². The van der Waals surface area contributed by atoms with Crippen LogP contribution in [0.1, 0.15) is 22.3 Å². The third kappa shape index (κ3) is 3.55. The van der Waals surface area contributed by atoms with Gasteiger partial charge in [-0.2, -0.15) is 5.26 Å². The molecule has 0 aromatic heterocycles. The summed E-state index contributed by atoms with van der Waals surface area (Å²) in [7, 11) is 2.74. The summed E-state index contributed by atoms with van der Waals surface area (Å²) in [6.07, 6.45) is -0.186. The van der Waals surface area contributed by atoms with Crippen LogP contribution in [0.3, 0.4) is 0 Å². The van der Waals surface area contributed by atoms with Gasteiger partial charge in [-0.25, -0.2) is 0 Å². The van der Waals surface area contributed by atoms with Gasteiger partial charge in [0, 0.05) is 12.0 Å². The fraction of sp³-hybridized carbons (Fsp3) is 0.357. The van der Waals surface area contributed by atoms with Crippen LogP contribution in [0, 0.1) is 24.2 Å². The van der Waals surface area contributed by atoms with Crippen LogP contribution in [0.2, 0.25) is 0 Å². The number of ketones is 1. The summed E-state index contributed by atoms with van der Waals surface area (Å²) in [5.41, 5.74) is 1.27. The van der Waals surface area contributed by atoms with Gasteiger partial charge in [-0.05, 0) is 30.7 Å². The number of Topliss-reactive ketones (excluding diaryl/α,β-unsaturated/α-hetero) is 1. The smallest absolute Gasteiger partial charge is 0.323 e. The van der Waals surface area contributed by atoms with Crippen LogP contribution in [-0.2, 0) is 9.53 Å². The predicted octanol–water partition coefficient (Wildman–Crippen LogP) is 1.89. The van der Waals surface area contributed by atoms with E-state index in [-0.39, 0.29) is 12.2 Å². The number of hydrogen-bond donors (Lipinski definition) is 0. The van der Waals surface area contributed by atoms with Crippen molar-refractivity contribution in [1.29, 1.82) is 5.26 Å². The number of benzene rings is 1. The number of ether oxygens (including phenoxy) is 2. The number of carbonyl (C=O) groups excluding carboxylic acids is 2. The molecule has 0 saturated heterocycles. The van der Waals surface area contributed by atoms with E-state index < -0.39 is 11.9 Å². The molecule has 1 rings (SSSR count). The summed E-state index contributed by atoms with van der Waals surface area (Å²) < 4.78 is 9.57. The zero-order valence-corrected chi connectivity index (χ0v) is 11.1. The third-order valence-electron chi connectivity index (χ3n) is 2.75. The summed E-state index contributed by atoms with van der Waals surface area (Å²) in [4.78, 5) is 23.2. The van der Waals surface area contributed by atoms with Gasteiger partial charge in [-0.15, -0.1) is 0 Å². The molecule has 0 amide bonds. The average Bonchev–Trinajstić information content (AvgIpc) is 2.43. The van der Waals surface area contributed by atoms with Gasteiger partial charge in [0.25, 0.3) is 0 Å². The van der Waals surface area contributed by atoms with Crippen molar-refractivity contribution in [2.24, 2.45) is 5.92 Å². The summed E-state index contributed by atoms with van der Waals surface area (Å²) >= 11 is 0. The Morgan fingerprint density at radius 2 is 2.05 bits per heavy atom. The summed E-state index contributed by atoms with van der Waals surface area (Å²) in [5, 5.41) is 8.84. The average molecular weight is 261 g/mol. The zero-order chi connectivity index (χ0) is 14.4. The molecule has 1 aromatic carbocycles. The monoisotopic (exact) mass is 261 g/mol. The lowest BCUT2D eigenvalue weighted by Crippen LogP contribution is -2.18. The summed E-state index contributed by atoms with van der Waals surface area (Å²) in [6, 6.07) is 6.74. The molecule has 0 aliphatic rings. The first kappa shape index (κ1) is 14.7. The van der Waals surface area contributed by atoms with E-state index in [1.54, 1.807) is 31.4 Å². The van der Waals surface area contributed by atoms with E-state index in [0.717, 1.165) is 5.56 Å². The van der Waals surface area contributed by atoms with Crippen LogP contribution in [-0.4, -0.2) is 26.0 Å². The first-order chi connectivity index (χ1) is 9.03. The fourth-order valence-corrected chi connectivity index (χ4v) is 1.68. The number of rotatable bonds is 5. The summed E-state index contributed by atoms with van der Waals surface area (Å²) in [6.45, 7) is 1.82. The Kier molecular flexibility index (Phi) is 5.07. The molecule has 0 spiro atoms.